The molecule has 0 amide bonds. The van der Waals surface area contributed by atoms with E-state index in [1.165, 1.54) is 5.56 Å². The minimum absolute atomic E-state index is 0.524. The highest BCUT2D eigenvalue weighted by Gasteiger charge is 2.16. The molecule has 5 nitrogen and oxygen atoms in total. The van der Waals surface area contributed by atoms with Crippen LogP contribution < -0.4 is 10.6 Å². The Morgan fingerprint density at radius 3 is 2.60 bits per heavy atom. The molecule has 5 heteroatoms. The summed E-state index contributed by atoms with van der Waals surface area (Å²) in [6, 6.07) is 8.11. The van der Waals surface area contributed by atoms with Gasteiger partial charge < -0.3 is 15.4 Å². The van der Waals surface area contributed by atoms with Crippen LogP contribution in [-0.4, -0.2) is 36.3 Å². The zero-order valence-electron chi connectivity index (χ0n) is 11.5. The fourth-order valence-electron chi connectivity index (χ4n) is 2.38. The molecular weight excluding hydrogens is 252 g/mol. The van der Waals surface area contributed by atoms with E-state index in [1.54, 1.807) is 0 Å². The summed E-state index contributed by atoms with van der Waals surface area (Å²) in [6.07, 6.45) is 1.81. The van der Waals surface area contributed by atoms with Crippen molar-refractivity contribution in [3.8, 4) is 11.1 Å². The number of hydrogen-bond acceptors (Lipinski definition) is 5. The molecule has 0 bridgehead atoms. The predicted molar refractivity (Wildman–Crippen MR) is 79.6 cm³/mol. The smallest absolute Gasteiger partial charge is 0.227 e. The molecule has 3 rings (SSSR count). The zero-order valence-corrected chi connectivity index (χ0v) is 11.5. The summed E-state index contributed by atoms with van der Waals surface area (Å²) >= 11 is 0. The fraction of sp³-hybridized carbons (Fsp3) is 0.333. The van der Waals surface area contributed by atoms with E-state index < -0.39 is 0 Å². The topological polar surface area (TPSA) is 64.3 Å². The molecule has 1 aliphatic rings. The van der Waals surface area contributed by atoms with Crippen LogP contribution in [0.2, 0.25) is 0 Å². The maximum atomic E-state index is 6.12. The van der Waals surface area contributed by atoms with Gasteiger partial charge in [-0.15, -0.1) is 0 Å². The largest absolute Gasteiger partial charge is 0.383 e. The van der Waals surface area contributed by atoms with Gasteiger partial charge in [0.05, 0.1) is 13.2 Å². The van der Waals surface area contributed by atoms with Gasteiger partial charge in [0.25, 0.3) is 0 Å². The highest BCUT2D eigenvalue weighted by molar-refractivity contribution is 5.76. The molecule has 1 saturated heterocycles. The summed E-state index contributed by atoms with van der Waals surface area (Å²) < 4.78 is 5.33. The number of nitrogens with two attached hydrogens (primary N) is 1. The van der Waals surface area contributed by atoms with Gasteiger partial charge in [-0.2, -0.15) is 4.98 Å². The summed E-state index contributed by atoms with van der Waals surface area (Å²) in [5, 5.41) is 0. The molecule has 1 aromatic heterocycles. The van der Waals surface area contributed by atoms with Crippen LogP contribution in [0.25, 0.3) is 11.1 Å². The minimum Gasteiger partial charge on any atom is -0.383 e. The Hall–Kier alpha value is -2.14. The van der Waals surface area contributed by atoms with Gasteiger partial charge in [0.15, 0.2) is 0 Å². The molecule has 0 saturated carbocycles. The first-order valence-electron chi connectivity index (χ1n) is 6.77. The van der Waals surface area contributed by atoms with Crippen LogP contribution >= 0.6 is 0 Å². The molecule has 0 atom stereocenters. The molecule has 0 spiro atoms. The van der Waals surface area contributed by atoms with E-state index in [1.807, 2.05) is 24.4 Å². The van der Waals surface area contributed by atoms with Crippen molar-refractivity contribution >= 4 is 11.8 Å². The van der Waals surface area contributed by atoms with Crippen LogP contribution in [0.15, 0.2) is 30.5 Å². The van der Waals surface area contributed by atoms with Crippen molar-refractivity contribution in [2.24, 2.45) is 0 Å². The number of hydrogen-bond donors (Lipinski definition) is 1. The highest BCUT2D eigenvalue weighted by atomic mass is 16.5. The summed E-state index contributed by atoms with van der Waals surface area (Å²) in [5.74, 6) is 1.21. The average molecular weight is 270 g/mol. The van der Waals surface area contributed by atoms with Gasteiger partial charge in [0, 0.05) is 24.8 Å². The van der Waals surface area contributed by atoms with Gasteiger partial charge in [0.2, 0.25) is 5.95 Å². The van der Waals surface area contributed by atoms with E-state index in [2.05, 4.69) is 27.9 Å². The summed E-state index contributed by atoms with van der Waals surface area (Å²) in [6.45, 7) is 5.10. The lowest BCUT2D eigenvalue weighted by Gasteiger charge is -2.27. The first kappa shape index (κ1) is 12.9. The quantitative estimate of drug-likeness (QED) is 0.902. The Balaban J connectivity index is 1.93. The molecule has 104 valence electrons. The van der Waals surface area contributed by atoms with Gasteiger partial charge in [-0.25, -0.2) is 4.98 Å². The molecule has 0 aliphatic carbocycles. The molecule has 2 N–H and O–H groups in total. The van der Waals surface area contributed by atoms with Crippen molar-refractivity contribution < 1.29 is 4.74 Å². The third-order valence-corrected chi connectivity index (χ3v) is 3.53. The van der Waals surface area contributed by atoms with E-state index in [-0.39, 0.29) is 0 Å². The Kier molecular flexibility index (Phi) is 3.52. The molecule has 20 heavy (non-hydrogen) atoms. The summed E-state index contributed by atoms with van der Waals surface area (Å²) in [4.78, 5) is 11.0. The number of aromatic nitrogens is 2. The van der Waals surface area contributed by atoms with Crippen LogP contribution in [0.4, 0.5) is 11.8 Å². The van der Waals surface area contributed by atoms with Crippen LogP contribution in [-0.2, 0) is 4.74 Å². The molecule has 0 unspecified atom stereocenters. The van der Waals surface area contributed by atoms with E-state index in [0.717, 1.165) is 24.2 Å². The van der Waals surface area contributed by atoms with E-state index >= 15 is 0 Å². The van der Waals surface area contributed by atoms with E-state index in [4.69, 9.17) is 10.5 Å². The maximum absolute atomic E-state index is 6.12. The second kappa shape index (κ2) is 5.46. The summed E-state index contributed by atoms with van der Waals surface area (Å²) in [5.41, 5.74) is 9.26. The van der Waals surface area contributed by atoms with Crippen molar-refractivity contribution in [2.45, 2.75) is 6.92 Å². The Morgan fingerprint density at radius 2 is 1.90 bits per heavy atom. The maximum Gasteiger partial charge on any atom is 0.227 e. The number of ether oxygens (including phenoxy) is 1. The standard InChI is InChI=1S/C15H18N4O/c1-11-4-2-3-5-12(11)13-10-17-15(18-14(13)16)19-6-8-20-9-7-19/h2-5,10H,6-9H2,1H3,(H2,16,17,18). The number of benzene rings is 1. The molecule has 2 aromatic rings. The van der Waals surface area contributed by atoms with Crippen LogP contribution in [0.5, 0.6) is 0 Å². The predicted octanol–water partition coefficient (Wildman–Crippen LogP) is 1.87. The highest BCUT2D eigenvalue weighted by Crippen LogP contribution is 2.27. The minimum atomic E-state index is 0.524. The number of rotatable bonds is 2. The van der Waals surface area contributed by atoms with Gasteiger partial charge in [0.1, 0.15) is 5.82 Å². The number of anilines is 2. The second-order valence-corrected chi connectivity index (χ2v) is 4.88. The number of nitrogen functional groups attached to an aromatic ring is 1. The number of morpholine rings is 1. The van der Waals surface area contributed by atoms with Crippen LogP contribution in [0.3, 0.4) is 0 Å². The monoisotopic (exact) mass is 270 g/mol. The van der Waals surface area contributed by atoms with Crippen LogP contribution in [0.1, 0.15) is 5.56 Å². The number of aryl methyl sites for hydroxylation is 1. The molecular formula is C15H18N4O. The van der Waals surface area contributed by atoms with Crippen molar-refractivity contribution in [3.05, 3.63) is 36.0 Å². The van der Waals surface area contributed by atoms with Crippen molar-refractivity contribution in [3.63, 3.8) is 0 Å². The molecule has 2 heterocycles. The normalized spacial score (nSPS) is 15.3. The van der Waals surface area contributed by atoms with Crippen molar-refractivity contribution in [1.82, 2.24) is 9.97 Å². The van der Waals surface area contributed by atoms with Crippen molar-refractivity contribution in [2.75, 3.05) is 36.9 Å². The second-order valence-electron chi connectivity index (χ2n) is 4.88. The SMILES string of the molecule is Cc1ccccc1-c1cnc(N2CCOCC2)nc1N. The van der Waals surface area contributed by atoms with Crippen LogP contribution in [0, 0.1) is 6.92 Å². The van der Waals surface area contributed by atoms with Crippen molar-refractivity contribution in [1.29, 1.82) is 0 Å². The third kappa shape index (κ3) is 2.44. The first-order valence-corrected chi connectivity index (χ1v) is 6.77. The third-order valence-electron chi connectivity index (χ3n) is 3.53. The Morgan fingerprint density at radius 1 is 1.15 bits per heavy atom. The van der Waals surface area contributed by atoms with Gasteiger partial charge in [-0.1, -0.05) is 24.3 Å². The first-order chi connectivity index (χ1) is 9.75. The molecule has 0 radical (unpaired) electrons. The van der Waals surface area contributed by atoms with E-state index in [9.17, 15) is 0 Å². The van der Waals surface area contributed by atoms with Gasteiger partial charge in [-0.3, -0.25) is 0 Å². The Labute approximate surface area is 118 Å². The molecule has 1 fully saturated rings. The van der Waals surface area contributed by atoms with Gasteiger partial charge in [-0.05, 0) is 18.1 Å². The van der Waals surface area contributed by atoms with E-state index in [0.29, 0.717) is 25.0 Å². The summed E-state index contributed by atoms with van der Waals surface area (Å²) in [7, 11) is 0. The lowest BCUT2D eigenvalue weighted by atomic mass is 10.0. The molecule has 1 aromatic carbocycles. The van der Waals surface area contributed by atoms with Gasteiger partial charge >= 0.3 is 0 Å². The molecule has 1 aliphatic heterocycles. The fourth-order valence-corrected chi connectivity index (χ4v) is 2.38. The Bertz CT molecular complexity index is 609. The zero-order chi connectivity index (χ0) is 13.9. The number of nitrogens with zero attached hydrogens (tertiary/aromatic N) is 3. The average Bonchev–Trinajstić information content (AvgIpc) is 2.49. The lowest BCUT2D eigenvalue weighted by Crippen LogP contribution is -2.37. The lowest BCUT2D eigenvalue weighted by molar-refractivity contribution is 0.122.